The lowest BCUT2D eigenvalue weighted by Gasteiger charge is -2.13. The van der Waals surface area contributed by atoms with Crippen molar-refractivity contribution in [3.05, 3.63) is 18.2 Å². The van der Waals surface area contributed by atoms with Gasteiger partial charge in [-0.1, -0.05) is 13.8 Å². The van der Waals surface area contributed by atoms with Crippen LogP contribution >= 0.6 is 0 Å². The van der Waals surface area contributed by atoms with E-state index in [0.29, 0.717) is 42.9 Å². The predicted molar refractivity (Wildman–Crippen MR) is 88.0 cm³/mol. The first-order chi connectivity index (χ1) is 10.5. The molecule has 1 rings (SSSR count). The maximum absolute atomic E-state index is 11.8. The van der Waals surface area contributed by atoms with Gasteiger partial charge in [0.1, 0.15) is 5.75 Å². The van der Waals surface area contributed by atoms with Crippen molar-refractivity contribution in [2.75, 3.05) is 24.3 Å². The standard InChI is InChI=1S/C16H25N3O3/c1-11(2)9-16(21)18-12-6-7-14(22-3)13(10-12)19-15(20)5-4-8-17/h6-7,10-11H,4-5,8-9,17H2,1-3H3,(H,18,21)(H,19,20). The van der Waals surface area contributed by atoms with Crippen molar-refractivity contribution in [3.63, 3.8) is 0 Å². The van der Waals surface area contributed by atoms with Gasteiger partial charge < -0.3 is 21.1 Å². The topological polar surface area (TPSA) is 93.5 Å². The van der Waals surface area contributed by atoms with Gasteiger partial charge in [0, 0.05) is 18.5 Å². The Bertz CT molecular complexity index is 515. The molecule has 0 aliphatic heterocycles. The lowest BCUT2D eigenvalue weighted by Crippen LogP contribution is -2.16. The van der Waals surface area contributed by atoms with Crippen LogP contribution in [0.4, 0.5) is 11.4 Å². The molecule has 2 amide bonds. The van der Waals surface area contributed by atoms with Gasteiger partial charge in [0.2, 0.25) is 11.8 Å². The fourth-order valence-corrected chi connectivity index (χ4v) is 1.94. The van der Waals surface area contributed by atoms with Crippen molar-refractivity contribution in [1.29, 1.82) is 0 Å². The van der Waals surface area contributed by atoms with E-state index >= 15 is 0 Å². The van der Waals surface area contributed by atoms with Crippen LogP contribution in [0.2, 0.25) is 0 Å². The number of rotatable bonds is 8. The van der Waals surface area contributed by atoms with E-state index in [1.165, 1.54) is 7.11 Å². The molecular formula is C16H25N3O3. The second-order valence-electron chi connectivity index (χ2n) is 5.50. The number of nitrogens with two attached hydrogens (primary N) is 1. The number of carbonyl (C=O) groups is 2. The molecular weight excluding hydrogens is 282 g/mol. The first-order valence-corrected chi connectivity index (χ1v) is 7.44. The molecule has 0 aliphatic carbocycles. The number of methoxy groups -OCH3 is 1. The SMILES string of the molecule is COc1ccc(NC(=O)CC(C)C)cc1NC(=O)CCCN. The van der Waals surface area contributed by atoms with Crippen LogP contribution in [0.3, 0.4) is 0 Å². The molecule has 0 saturated carbocycles. The van der Waals surface area contributed by atoms with Gasteiger partial charge in [-0.3, -0.25) is 9.59 Å². The number of hydrogen-bond acceptors (Lipinski definition) is 4. The zero-order valence-corrected chi connectivity index (χ0v) is 13.4. The molecule has 0 saturated heterocycles. The van der Waals surface area contributed by atoms with Gasteiger partial charge in [0.05, 0.1) is 12.8 Å². The Labute approximate surface area is 131 Å². The van der Waals surface area contributed by atoms with Gasteiger partial charge in [0.25, 0.3) is 0 Å². The summed E-state index contributed by atoms with van der Waals surface area (Å²) in [5, 5.41) is 5.60. The van der Waals surface area contributed by atoms with Gasteiger partial charge in [0.15, 0.2) is 0 Å². The molecule has 122 valence electrons. The molecule has 0 unspecified atom stereocenters. The smallest absolute Gasteiger partial charge is 0.224 e. The monoisotopic (exact) mass is 307 g/mol. The van der Waals surface area contributed by atoms with Crippen LogP contribution in [0.1, 0.15) is 33.1 Å². The van der Waals surface area contributed by atoms with E-state index in [2.05, 4.69) is 10.6 Å². The number of benzene rings is 1. The summed E-state index contributed by atoms with van der Waals surface area (Å²) in [6, 6.07) is 5.15. The van der Waals surface area contributed by atoms with Crippen molar-refractivity contribution in [2.24, 2.45) is 11.7 Å². The Morgan fingerprint density at radius 2 is 1.95 bits per heavy atom. The lowest BCUT2D eigenvalue weighted by molar-refractivity contribution is -0.117. The van der Waals surface area contributed by atoms with E-state index in [9.17, 15) is 9.59 Å². The van der Waals surface area contributed by atoms with Gasteiger partial charge in [-0.05, 0) is 37.1 Å². The Hall–Kier alpha value is -2.08. The summed E-state index contributed by atoms with van der Waals surface area (Å²) in [4.78, 5) is 23.6. The van der Waals surface area contributed by atoms with Crippen molar-refractivity contribution in [3.8, 4) is 5.75 Å². The maximum atomic E-state index is 11.8. The summed E-state index contributed by atoms with van der Waals surface area (Å²) in [5.41, 5.74) is 6.55. The van der Waals surface area contributed by atoms with Gasteiger partial charge in [-0.15, -0.1) is 0 Å². The molecule has 0 fully saturated rings. The maximum Gasteiger partial charge on any atom is 0.224 e. The average Bonchev–Trinajstić information content (AvgIpc) is 2.44. The molecule has 1 aromatic carbocycles. The van der Waals surface area contributed by atoms with Crippen LogP contribution in [0.5, 0.6) is 5.75 Å². The number of carbonyl (C=O) groups excluding carboxylic acids is 2. The van der Waals surface area contributed by atoms with Crippen LogP contribution in [0.25, 0.3) is 0 Å². The third-order valence-corrected chi connectivity index (χ3v) is 2.96. The number of hydrogen-bond donors (Lipinski definition) is 3. The minimum absolute atomic E-state index is 0.0550. The molecule has 6 heteroatoms. The molecule has 0 bridgehead atoms. The summed E-state index contributed by atoms with van der Waals surface area (Å²) >= 11 is 0. The highest BCUT2D eigenvalue weighted by Crippen LogP contribution is 2.28. The van der Waals surface area contributed by atoms with Gasteiger partial charge in [-0.25, -0.2) is 0 Å². The minimum atomic E-state index is -0.130. The number of nitrogens with one attached hydrogen (secondary N) is 2. The highest BCUT2D eigenvalue weighted by molar-refractivity contribution is 5.95. The second kappa shape index (κ2) is 9.04. The Morgan fingerprint density at radius 1 is 1.23 bits per heavy atom. The van der Waals surface area contributed by atoms with Crippen LogP contribution in [0.15, 0.2) is 18.2 Å². The molecule has 4 N–H and O–H groups in total. The Kier molecular flexibility index (Phi) is 7.39. The van der Waals surface area contributed by atoms with E-state index in [1.54, 1.807) is 18.2 Å². The largest absolute Gasteiger partial charge is 0.495 e. The number of anilines is 2. The molecule has 0 heterocycles. The molecule has 0 aliphatic rings. The van der Waals surface area contributed by atoms with Crippen molar-refractivity contribution in [2.45, 2.75) is 33.1 Å². The predicted octanol–water partition coefficient (Wildman–Crippen LogP) is 2.36. The van der Waals surface area contributed by atoms with Crippen LogP contribution in [0, 0.1) is 5.92 Å². The highest BCUT2D eigenvalue weighted by atomic mass is 16.5. The second-order valence-corrected chi connectivity index (χ2v) is 5.50. The number of amides is 2. The van der Waals surface area contributed by atoms with Crippen LogP contribution in [-0.2, 0) is 9.59 Å². The molecule has 0 radical (unpaired) electrons. The average molecular weight is 307 g/mol. The third kappa shape index (κ3) is 6.13. The molecule has 22 heavy (non-hydrogen) atoms. The van der Waals surface area contributed by atoms with Crippen LogP contribution in [-0.4, -0.2) is 25.5 Å². The zero-order chi connectivity index (χ0) is 16.5. The van der Waals surface area contributed by atoms with E-state index in [0.717, 1.165) is 0 Å². The molecule has 1 aromatic rings. The minimum Gasteiger partial charge on any atom is -0.495 e. The molecule has 0 aromatic heterocycles. The Balaban J connectivity index is 2.79. The van der Waals surface area contributed by atoms with Crippen molar-refractivity contribution in [1.82, 2.24) is 0 Å². The van der Waals surface area contributed by atoms with Crippen LogP contribution < -0.4 is 21.1 Å². The van der Waals surface area contributed by atoms with Gasteiger partial charge in [-0.2, -0.15) is 0 Å². The fourth-order valence-electron chi connectivity index (χ4n) is 1.94. The summed E-state index contributed by atoms with van der Waals surface area (Å²) < 4.78 is 5.22. The first kappa shape index (κ1) is 18.0. The third-order valence-electron chi connectivity index (χ3n) is 2.96. The molecule has 0 spiro atoms. The number of ether oxygens (including phenoxy) is 1. The van der Waals surface area contributed by atoms with Crippen molar-refractivity contribution >= 4 is 23.2 Å². The summed E-state index contributed by atoms with van der Waals surface area (Å²) in [6.07, 6.45) is 1.42. The van der Waals surface area contributed by atoms with E-state index in [4.69, 9.17) is 10.5 Å². The summed E-state index contributed by atoms with van der Waals surface area (Å²) in [6.45, 7) is 4.43. The molecule has 0 atom stereocenters. The van der Waals surface area contributed by atoms with E-state index in [1.807, 2.05) is 13.8 Å². The quantitative estimate of drug-likeness (QED) is 0.687. The fraction of sp³-hybridized carbons (Fsp3) is 0.500. The zero-order valence-electron chi connectivity index (χ0n) is 13.4. The van der Waals surface area contributed by atoms with Crippen molar-refractivity contribution < 1.29 is 14.3 Å². The molecule has 6 nitrogen and oxygen atoms in total. The normalized spacial score (nSPS) is 10.4. The van der Waals surface area contributed by atoms with E-state index < -0.39 is 0 Å². The summed E-state index contributed by atoms with van der Waals surface area (Å²) in [7, 11) is 1.53. The first-order valence-electron chi connectivity index (χ1n) is 7.44. The van der Waals surface area contributed by atoms with Gasteiger partial charge >= 0.3 is 0 Å². The highest BCUT2D eigenvalue weighted by Gasteiger charge is 2.10. The van der Waals surface area contributed by atoms with E-state index in [-0.39, 0.29) is 17.7 Å². The summed E-state index contributed by atoms with van der Waals surface area (Å²) in [5.74, 6) is 0.645. The Morgan fingerprint density at radius 3 is 2.55 bits per heavy atom. The lowest BCUT2D eigenvalue weighted by atomic mass is 10.1.